The van der Waals surface area contributed by atoms with Gasteiger partial charge in [0.05, 0.1) is 11.5 Å². The lowest BCUT2D eigenvalue weighted by atomic mass is 10.2. The van der Waals surface area contributed by atoms with Gasteiger partial charge in [-0.2, -0.15) is 0 Å². The Morgan fingerprint density at radius 2 is 2.10 bits per heavy atom. The van der Waals surface area contributed by atoms with Gasteiger partial charge < -0.3 is 9.73 Å². The maximum atomic E-state index is 11.8. The molecule has 112 valence electrons. The molecule has 1 atom stereocenters. The van der Waals surface area contributed by atoms with Crippen LogP contribution in [0.1, 0.15) is 17.0 Å². The molecule has 1 fully saturated rings. The van der Waals surface area contributed by atoms with Crippen molar-refractivity contribution in [1.82, 2.24) is 10.0 Å². The summed E-state index contributed by atoms with van der Waals surface area (Å²) >= 11 is 0. The van der Waals surface area contributed by atoms with E-state index in [4.69, 9.17) is 4.42 Å². The van der Waals surface area contributed by atoms with Crippen molar-refractivity contribution in [1.29, 1.82) is 0 Å². The maximum absolute atomic E-state index is 11.8. The quantitative estimate of drug-likeness (QED) is 0.741. The van der Waals surface area contributed by atoms with Crippen molar-refractivity contribution in [3.63, 3.8) is 0 Å². The molecule has 2 N–H and O–H groups in total. The van der Waals surface area contributed by atoms with Gasteiger partial charge in [0, 0.05) is 6.04 Å². The molecule has 0 aliphatic carbocycles. The molecule has 0 bridgehead atoms. The van der Waals surface area contributed by atoms with Crippen LogP contribution in [0.4, 0.5) is 0 Å². The highest BCUT2D eigenvalue weighted by molar-refractivity contribution is 7.91. The fourth-order valence-electron chi connectivity index (χ4n) is 1.85. The number of furan rings is 1. The second kappa shape index (κ2) is 5.19. The molecule has 1 aromatic rings. The molecular formula is C10H14N2O6S2. The lowest BCUT2D eigenvalue weighted by Gasteiger charge is -2.08. The summed E-state index contributed by atoms with van der Waals surface area (Å²) in [5.41, 5.74) is 0. The number of sulfonamides is 1. The number of carbonyl (C=O) groups is 1. The number of nitrogens with one attached hydrogen (secondary N) is 2. The summed E-state index contributed by atoms with van der Waals surface area (Å²) in [7, 11) is -5.62. The van der Waals surface area contributed by atoms with E-state index in [0.717, 1.165) is 6.07 Å². The SMILES string of the molecule is CNS(=O)(=O)c1ccc(C(=O)NC2CCS(=O)(=O)C2)o1. The molecule has 2 rings (SSSR count). The van der Waals surface area contributed by atoms with Crippen LogP contribution >= 0.6 is 0 Å². The van der Waals surface area contributed by atoms with Gasteiger partial charge in [-0.15, -0.1) is 0 Å². The Bertz CT molecular complexity index is 719. The number of rotatable bonds is 4. The van der Waals surface area contributed by atoms with Gasteiger partial charge in [-0.1, -0.05) is 0 Å². The van der Waals surface area contributed by atoms with Crippen LogP contribution in [0.2, 0.25) is 0 Å². The van der Waals surface area contributed by atoms with Crippen LogP contribution in [0.5, 0.6) is 0 Å². The van der Waals surface area contributed by atoms with Gasteiger partial charge in [-0.05, 0) is 25.6 Å². The summed E-state index contributed by atoms with van der Waals surface area (Å²) in [6.07, 6.45) is 0.344. The molecule has 0 aromatic carbocycles. The lowest BCUT2D eigenvalue weighted by molar-refractivity contribution is 0.0908. The van der Waals surface area contributed by atoms with Crippen molar-refractivity contribution in [3.8, 4) is 0 Å². The molecule has 1 aromatic heterocycles. The maximum Gasteiger partial charge on any atom is 0.287 e. The number of hydrogen-bond acceptors (Lipinski definition) is 6. The van der Waals surface area contributed by atoms with Crippen LogP contribution in [-0.4, -0.2) is 47.3 Å². The zero-order valence-electron chi connectivity index (χ0n) is 10.6. The smallest absolute Gasteiger partial charge is 0.287 e. The molecule has 1 aliphatic rings. The minimum absolute atomic E-state index is 0.0372. The molecular weight excluding hydrogens is 308 g/mol. The van der Waals surface area contributed by atoms with E-state index >= 15 is 0 Å². The molecule has 1 amide bonds. The Labute approximate surface area is 116 Å². The highest BCUT2D eigenvalue weighted by Crippen LogP contribution is 2.15. The predicted octanol–water partition coefficient (Wildman–Crippen LogP) is -0.895. The van der Waals surface area contributed by atoms with E-state index < -0.39 is 31.8 Å². The van der Waals surface area contributed by atoms with Gasteiger partial charge in [0.1, 0.15) is 0 Å². The van der Waals surface area contributed by atoms with Gasteiger partial charge in [0.15, 0.2) is 15.6 Å². The van der Waals surface area contributed by atoms with E-state index in [0.29, 0.717) is 6.42 Å². The average Bonchev–Trinajstić information content (AvgIpc) is 2.96. The minimum atomic E-state index is -3.75. The van der Waals surface area contributed by atoms with E-state index in [2.05, 4.69) is 10.0 Å². The first-order valence-corrected chi connectivity index (χ1v) is 9.09. The molecule has 0 spiro atoms. The van der Waals surface area contributed by atoms with Crippen LogP contribution in [-0.2, 0) is 19.9 Å². The van der Waals surface area contributed by atoms with Crippen molar-refractivity contribution < 1.29 is 26.0 Å². The molecule has 10 heteroatoms. The van der Waals surface area contributed by atoms with Gasteiger partial charge in [-0.3, -0.25) is 4.79 Å². The molecule has 1 aliphatic heterocycles. The third-order valence-electron chi connectivity index (χ3n) is 2.91. The van der Waals surface area contributed by atoms with Crippen molar-refractivity contribution in [2.75, 3.05) is 18.6 Å². The summed E-state index contributed by atoms with van der Waals surface area (Å²) in [5, 5.41) is 2.14. The van der Waals surface area contributed by atoms with Crippen LogP contribution < -0.4 is 10.0 Å². The highest BCUT2D eigenvalue weighted by atomic mass is 32.2. The molecule has 0 radical (unpaired) electrons. The highest BCUT2D eigenvalue weighted by Gasteiger charge is 2.30. The number of carbonyl (C=O) groups excluding carboxylic acids is 1. The second-order valence-corrected chi connectivity index (χ2v) is 8.45. The van der Waals surface area contributed by atoms with E-state index in [1.807, 2.05) is 0 Å². The van der Waals surface area contributed by atoms with Gasteiger partial charge in [0.25, 0.3) is 15.9 Å². The fourth-order valence-corrected chi connectivity index (χ4v) is 4.17. The molecule has 8 nitrogen and oxygen atoms in total. The number of hydrogen-bond donors (Lipinski definition) is 2. The zero-order chi connectivity index (χ0) is 15.0. The summed E-state index contributed by atoms with van der Waals surface area (Å²) in [4.78, 5) is 11.8. The Morgan fingerprint density at radius 1 is 1.40 bits per heavy atom. The number of sulfone groups is 1. The van der Waals surface area contributed by atoms with E-state index in [1.165, 1.54) is 13.1 Å². The van der Waals surface area contributed by atoms with Crippen LogP contribution in [0, 0.1) is 0 Å². The predicted molar refractivity (Wildman–Crippen MR) is 69.5 cm³/mol. The summed E-state index contributed by atoms with van der Waals surface area (Å²) in [5.74, 6) is -0.885. The fraction of sp³-hybridized carbons (Fsp3) is 0.500. The molecule has 20 heavy (non-hydrogen) atoms. The van der Waals surface area contributed by atoms with Crippen LogP contribution in [0.15, 0.2) is 21.6 Å². The Balaban J connectivity index is 2.08. The first-order chi connectivity index (χ1) is 9.23. The van der Waals surface area contributed by atoms with Gasteiger partial charge in [-0.25, -0.2) is 21.6 Å². The van der Waals surface area contributed by atoms with Crippen LogP contribution in [0.3, 0.4) is 0 Å². The standard InChI is InChI=1S/C10H14N2O6S2/c1-11-20(16,17)9-3-2-8(18-9)10(13)12-7-4-5-19(14,15)6-7/h2-3,7,11H,4-6H2,1H3,(H,12,13). The molecule has 1 unspecified atom stereocenters. The Hall–Kier alpha value is -1.39. The van der Waals surface area contributed by atoms with E-state index in [9.17, 15) is 21.6 Å². The molecule has 1 saturated heterocycles. The van der Waals surface area contributed by atoms with Crippen molar-refractivity contribution in [3.05, 3.63) is 17.9 Å². The summed E-state index contributed by atoms with van der Waals surface area (Å²) in [6.45, 7) is 0. The third-order valence-corrected chi connectivity index (χ3v) is 5.96. The molecule has 0 saturated carbocycles. The van der Waals surface area contributed by atoms with Gasteiger partial charge >= 0.3 is 0 Å². The Morgan fingerprint density at radius 3 is 2.65 bits per heavy atom. The second-order valence-electron chi connectivity index (χ2n) is 4.40. The van der Waals surface area contributed by atoms with E-state index in [1.54, 1.807) is 0 Å². The van der Waals surface area contributed by atoms with Crippen molar-refractivity contribution >= 4 is 25.8 Å². The van der Waals surface area contributed by atoms with Gasteiger partial charge in [0.2, 0.25) is 5.09 Å². The topological polar surface area (TPSA) is 123 Å². The summed E-state index contributed by atoms with van der Waals surface area (Å²) < 4.78 is 52.5. The molecule has 2 heterocycles. The van der Waals surface area contributed by atoms with Crippen molar-refractivity contribution in [2.45, 2.75) is 17.6 Å². The first kappa shape index (κ1) is 15.0. The minimum Gasteiger partial charge on any atom is -0.438 e. The van der Waals surface area contributed by atoms with E-state index in [-0.39, 0.29) is 22.4 Å². The van der Waals surface area contributed by atoms with Crippen LogP contribution in [0.25, 0.3) is 0 Å². The lowest BCUT2D eigenvalue weighted by Crippen LogP contribution is -2.35. The largest absolute Gasteiger partial charge is 0.438 e. The number of amides is 1. The Kier molecular flexibility index (Phi) is 3.89. The monoisotopic (exact) mass is 322 g/mol. The first-order valence-electron chi connectivity index (χ1n) is 5.78. The van der Waals surface area contributed by atoms with Crippen molar-refractivity contribution in [2.24, 2.45) is 0 Å². The third kappa shape index (κ3) is 3.19. The summed E-state index contributed by atoms with van der Waals surface area (Å²) in [6, 6.07) is 1.91. The zero-order valence-corrected chi connectivity index (χ0v) is 12.3. The normalized spacial score (nSPS) is 21.8. The average molecular weight is 322 g/mol.